The van der Waals surface area contributed by atoms with Crippen molar-refractivity contribution in [2.24, 2.45) is 0 Å². The fourth-order valence-corrected chi connectivity index (χ4v) is 2.33. The molecule has 2 nitrogen and oxygen atoms in total. The smallest absolute Gasteiger partial charge is 0.252 e. The van der Waals surface area contributed by atoms with Crippen molar-refractivity contribution in [3.63, 3.8) is 0 Å². The zero-order valence-corrected chi connectivity index (χ0v) is 13.1. The number of amides is 1. The molecule has 1 unspecified atom stereocenters. The first-order chi connectivity index (χ1) is 9.88. The van der Waals surface area contributed by atoms with Gasteiger partial charge in [-0.05, 0) is 55.3 Å². The molecule has 0 fully saturated rings. The summed E-state index contributed by atoms with van der Waals surface area (Å²) >= 11 is 11.8. The predicted molar refractivity (Wildman–Crippen MR) is 83.5 cm³/mol. The molecule has 0 saturated carbocycles. The quantitative estimate of drug-likeness (QED) is 0.851. The van der Waals surface area contributed by atoms with Crippen LogP contribution in [-0.4, -0.2) is 5.91 Å². The normalized spacial score (nSPS) is 12.0. The number of rotatable bonds is 3. The van der Waals surface area contributed by atoms with Crippen LogP contribution in [-0.2, 0) is 0 Å². The minimum Gasteiger partial charge on any atom is -0.346 e. The van der Waals surface area contributed by atoms with Crippen molar-refractivity contribution in [2.45, 2.75) is 19.9 Å². The summed E-state index contributed by atoms with van der Waals surface area (Å²) in [5, 5.41) is 3.76. The summed E-state index contributed by atoms with van der Waals surface area (Å²) in [6.07, 6.45) is 0. The van der Waals surface area contributed by atoms with Gasteiger partial charge in [0.2, 0.25) is 0 Å². The molecule has 21 heavy (non-hydrogen) atoms. The maximum absolute atomic E-state index is 13.1. The Morgan fingerprint density at radius 2 is 1.86 bits per heavy atom. The number of halogens is 3. The lowest BCUT2D eigenvalue weighted by Crippen LogP contribution is -2.27. The van der Waals surface area contributed by atoms with Gasteiger partial charge in [0.15, 0.2) is 0 Å². The number of nitrogens with one attached hydrogen (secondary N) is 1. The Morgan fingerprint density at radius 3 is 2.48 bits per heavy atom. The van der Waals surface area contributed by atoms with Crippen LogP contribution < -0.4 is 5.32 Å². The molecule has 0 saturated heterocycles. The number of carbonyl (C=O) groups excluding carboxylic acids is 1. The Kier molecular flexibility index (Phi) is 4.86. The Balaban J connectivity index is 2.16. The van der Waals surface area contributed by atoms with Gasteiger partial charge in [-0.2, -0.15) is 0 Å². The van der Waals surface area contributed by atoms with E-state index in [1.54, 1.807) is 25.1 Å². The Morgan fingerprint density at radius 1 is 1.14 bits per heavy atom. The molecule has 110 valence electrons. The van der Waals surface area contributed by atoms with Crippen molar-refractivity contribution >= 4 is 29.1 Å². The first-order valence-corrected chi connectivity index (χ1v) is 7.16. The average Bonchev–Trinajstić information content (AvgIpc) is 2.41. The number of hydrogen-bond donors (Lipinski definition) is 1. The first kappa shape index (κ1) is 15.8. The highest BCUT2D eigenvalue weighted by Gasteiger charge is 2.14. The lowest BCUT2D eigenvalue weighted by molar-refractivity contribution is 0.0939. The zero-order chi connectivity index (χ0) is 15.6. The van der Waals surface area contributed by atoms with Gasteiger partial charge in [-0.1, -0.05) is 29.3 Å². The van der Waals surface area contributed by atoms with E-state index in [4.69, 9.17) is 23.2 Å². The van der Waals surface area contributed by atoms with Gasteiger partial charge in [0.05, 0.1) is 16.1 Å². The van der Waals surface area contributed by atoms with Gasteiger partial charge in [-0.15, -0.1) is 0 Å². The van der Waals surface area contributed by atoms with Gasteiger partial charge in [0, 0.05) is 5.56 Å². The van der Waals surface area contributed by atoms with E-state index in [2.05, 4.69) is 5.32 Å². The topological polar surface area (TPSA) is 29.1 Å². The highest BCUT2D eigenvalue weighted by Crippen LogP contribution is 2.25. The van der Waals surface area contributed by atoms with Crippen molar-refractivity contribution in [1.82, 2.24) is 5.32 Å². The number of benzene rings is 2. The molecule has 0 aliphatic heterocycles. The second kappa shape index (κ2) is 6.46. The Bertz CT molecular complexity index is 688. The van der Waals surface area contributed by atoms with E-state index in [0.29, 0.717) is 21.2 Å². The molecule has 5 heteroatoms. The van der Waals surface area contributed by atoms with Crippen LogP contribution in [0.25, 0.3) is 0 Å². The lowest BCUT2D eigenvalue weighted by Gasteiger charge is -2.16. The molecule has 0 aliphatic rings. The van der Waals surface area contributed by atoms with Crippen molar-refractivity contribution in [2.75, 3.05) is 0 Å². The summed E-state index contributed by atoms with van der Waals surface area (Å²) in [4.78, 5) is 12.2. The molecule has 1 amide bonds. The van der Waals surface area contributed by atoms with Crippen LogP contribution >= 0.6 is 23.2 Å². The molecule has 2 aromatic carbocycles. The average molecular weight is 326 g/mol. The van der Waals surface area contributed by atoms with Crippen molar-refractivity contribution in [3.05, 3.63) is 69.0 Å². The molecule has 2 rings (SSSR count). The highest BCUT2D eigenvalue weighted by molar-refractivity contribution is 6.42. The van der Waals surface area contributed by atoms with Crippen LogP contribution in [0.2, 0.25) is 10.0 Å². The number of aryl methyl sites for hydroxylation is 1. The van der Waals surface area contributed by atoms with E-state index in [-0.39, 0.29) is 17.8 Å². The molecule has 2 aromatic rings. The summed E-state index contributed by atoms with van der Waals surface area (Å²) < 4.78 is 13.1. The van der Waals surface area contributed by atoms with Gasteiger partial charge < -0.3 is 5.32 Å². The zero-order valence-electron chi connectivity index (χ0n) is 11.6. The van der Waals surface area contributed by atoms with E-state index in [9.17, 15) is 9.18 Å². The third-order valence-corrected chi connectivity index (χ3v) is 3.96. The minimum atomic E-state index is -0.360. The third-order valence-electron chi connectivity index (χ3n) is 3.22. The van der Waals surface area contributed by atoms with E-state index >= 15 is 0 Å². The monoisotopic (exact) mass is 325 g/mol. The molecule has 0 aromatic heterocycles. The Labute approximate surface area is 132 Å². The summed E-state index contributed by atoms with van der Waals surface area (Å²) in [5.74, 6) is -0.618. The standard InChI is InChI=1S/C16H14Cl2FNO/c1-9-7-12(19)4-5-13(9)16(21)20-10(2)11-3-6-14(17)15(18)8-11/h3-8,10H,1-2H3,(H,20,21). The van der Waals surface area contributed by atoms with Crippen LogP contribution in [0.4, 0.5) is 4.39 Å². The summed E-state index contributed by atoms with van der Waals surface area (Å²) in [6, 6.07) is 9.04. The number of hydrogen-bond acceptors (Lipinski definition) is 1. The third kappa shape index (κ3) is 3.74. The maximum atomic E-state index is 13.1. The second-order valence-corrected chi connectivity index (χ2v) is 5.64. The molecular formula is C16H14Cl2FNO. The molecule has 0 spiro atoms. The van der Waals surface area contributed by atoms with Crippen LogP contribution in [0, 0.1) is 12.7 Å². The summed E-state index contributed by atoms with van der Waals surface area (Å²) in [7, 11) is 0. The van der Waals surface area contributed by atoms with E-state index < -0.39 is 0 Å². The fraction of sp³-hybridized carbons (Fsp3) is 0.188. The van der Waals surface area contributed by atoms with Crippen LogP contribution in [0.3, 0.4) is 0 Å². The Hall–Kier alpha value is -1.58. The minimum absolute atomic E-state index is 0.239. The molecular weight excluding hydrogens is 312 g/mol. The fourth-order valence-electron chi connectivity index (χ4n) is 2.02. The molecule has 0 bridgehead atoms. The SMILES string of the molecule is Cc1cc(F)ccc1C(=O)NC(C)c1ccc(Cl)c(Cl)c1. The van der Waals surface area contributed by atoms with E-state index in [0.717, 1.165) is 5.56 Å². The largest absolute Gasteiger partial charge is 0.346 e. The van der Waals surface area contributed by atoms with Crippen molar-refractivity contribution < 1.29 is 9.18 Å². The van der Waals surface area contributed by atoms with Gasteiger partial charge >= 0.3 is 0 Å². The summed E-state index contributed by atoms with van der Waals surface area (Å²) in [6.45, 7) is 3.54. The highest BCUT2D eigenvalue weighted by atomic mass is 35.5. The van der Waals surface area contributed by atoms with Gasteiger partial charge in [-0.25, -0.2) is 4.39 Å². The van der Waals surface area contributed by atoms with Gasteiger partial charge in [0.25, 0.3) is 5.91 Å². The number of carbonyl (C=O) groups is 1. The van der Waals surface area contributed by atoms with Crippen LogP contribution in [0.15, 0.2) is 36.4 Å². The predicted octanol–water partition coefficient (Wildman–Crippen LogP) is 4.93. The van der Waals surface area contributed by atoms with Gasteiger partial charge in [0.1, 0.15) is 5.82 Å². The summed E-state index contributed by atoms with van der Waals surface area (Å²) in [5.41, 5.74) is 1.88. The second-order valence-electron chi connectivity index (χ2n) is 4.83. The first-order valence-electron chi connectivity index (χ1n) is 6.40. The van der Waals surface area contributed by atoms with Gasteiger partial charge in [-0.3, -0.25) is 4.79 Å². The van der Waals surface area contributed by atoms with Crippen molar-refractivity contribution in [1.29, 1.82) is 0 Å². The molecule has 0 radical (unpaired) electrons. The molecule has 1 atom stereocenters. The van der Waals surface area contributed by atoms with Crippen LogP contribution in [0.1, 0.15) is 34.5 Å². The van der Waals surface area contributed by atoms with E-state index in [1.807, 2.05) is 6.92 Å². The lowest BCUT2D eigenvalue weighted by atomic mass is 10.1. The van der Waals surface area contributed by atoms with Crippen molar-refractivity contribution in [3.8, 4) is 0 Å². The van der Waals surface area contributed by atoms with Crippen LogP contribution in [0.5, 0.6) is 0 Å². The van der Waals surface area contributed by atoms with E-state index in [1.165, 1.54) is 18.2 Å². The molecule has 1 N–H and O–H groups in total. The molecule has 0 aliphatic carbocycles. The molecule has 0 heterocycles. The maximum Gasteiger partial charge on any atom is 0.252 e.